The number of anilines is 1. The van der Waals surface area contributed by atoms with Gasteiger partial charge in [-0.15, -0.1) is 0 Å². The lowest BCUT2D eigenvalue weighted by molar-refractivity contribution is -0.114. The number of carbonyl (C=O) groups excluding carboxylic acids is 2. The number of hydrogen-bond donors (Lipinski definition) is 2. The Bertz CT molecular complexity index is 1230. The number of rotatable bonds is 4. The van der Waals surface area contributed by atoms with Crippen LogP contribution in [0.3, 0.4) is 0 Å². The molecule has 3 aromatic carbocycles. The number of nitrogens with one attached hydrogen (secondary N) is 2. The van der Waals surface area contributed by atoms with Crippen LogP contribution in [0, 0.1) is 0 Å². The van der Waals surface area contributed by atoms with Gasteiger partial charge >= 0.3 is 0 Å². The van der Waals surface area contributed by atoms with E-state index in [4.69, 9.17) is 0 Å². The van der Waals surface area contributed by atoms with Crippen molar-refractivity contribution >= 4 is 28.5 Å². The normalized spacial score (nSPS) is 10.7. The molecule has 0 fully saturated rings. The number of amides is 2. The van der Waals surface area contributed by atoms with E-state index in [1.54, 1.807) is 25.5 Å². The summed E-state index contributed by atoms with van der Waals surface area (Å²) < 4.78 is 1.99. The predicted molar refractivity (Wildman–Crippen MR) is 114 cm³/mol. The van der Waals surface area contributed by atoms with Gasteiger partial charge in [0.05, 0.1) is 11.0 Å². The van der Waals surface area contributed by atoms with Gasteiger partial charge in [-0.3, -0.25) is 14.2 Å². The lowest BCUT2D eigenvalue weighted by Crippen LogP contribution is -2.17. The lowest BCUT2D eigenvalue weighted by Gasteiger charge is -2.09. The first kappa shape index (κ1) is 18.4. The van der Waals surface area contributed by atoms with Gasteiger partial charge in [0.15, 0.2) is 0 Å². The van der Waals surface area contributed by atoms with Crippen molar-refractivity contribution in [2.75, 3.05) is 12.4 Å². The van der Waals surface area contributed by atoms with E-state index in [0.29, 0.717) is 5.56 Å². The summed E-state index contributed by atoms with van der Waals surface area (Å²) in [7, 11) is 1.61. The molecule has 4 rings (SSSR count). The van der Waals surface area contributed by atoms with Crippen LogP contribution in [-0.4, -0.2) is 28.4 Å². The first-order valence-electron chi connectivity index (χ1n) is 9.23. The number of aromatic nitrogens is 2. The van der Waals surface area contributed by atoms with Crippen LogP contribution in [0.2, 0.25) is 0 Å². The third-order valence-electron chi connectivity index (χ3n) is 4.68. The van der Waals surface area contributed by atoms with Crippen LogP contribution < -0.4 is 10.6 Å². The van der Waals surface area contributed by atoms with E-state index in [1.807, 2.05) is 53.1 Å². The molecular weight excluding hydrogens is 364 g/mol. The Morgan fingerprint density at radius 3 is 2.45 bits per heavy atom. The monoisotopic (exact) mass is 384 g/mol. The predicted octanol–water partition coefficient (Wildman–Crippen LogP) is 4.01. The van der Waals surface area contributed by atoms with Crippen LogP contribution in [0.4, 0.5) is 5.69 Å². The number of imidazole rings is 1. The summed E-state index contributed by atoms with van der Waals surface area (Å²) in [4.78, 5) is 27.6. The highest BCUT2D eigenvalue weighted by Gasteiger charge is 2.10. The van der Waals surface area contributed by atoms with Gasteiger partial charge in [-0.2, -0.15) is 0 Å². The van der Waals surface area contributed by atoms with Crippen LogP contribution in [0.25, 0.3) is 27.8 Å². The van der Waals surface area contributed by atoms with Crippen LogP contribution >= 0.6 is 0 Å². The molecule has 2 amide bonds. The maximum Gasteiger partial charge on any atom is 0.251 e. The Labute approximate surface area is 168 Å². The third-order valence-corrected chi connectivity index (χ3v) is 4.68. The topological polar surface area (TPSA) is 76.0 Å². The molecule has 29 heavy (non-hydrogen) atoms. The molecule has 0 atom stereocenters. The van der Waals surface area contributed by atoms with Gasteiger partial charge < -0.3 is 10.6 Å². The summed E-state index contributed by atoms with van der Waals surface area (Å²) in [5, 5.41) is 5.44. The molecule has 1 aromatic heterocycles. The lowest BCUT2D eigenvalue weighted by atomic mass is 10.0. The summed E-state index contributed by atoms with van der Waals surface area (Å²) >= 11 is 0. The molecule has 0 radical (unpaired) electrons. The van der Waals surface area contributed by atoms with Gasteiger partial charge in [0, 0.05) is 30.9 Å². The van der Waals surface area contributed by atoms with Crippen LogP contribution in [0.1, 0.15) is 17.3 Å². The Balaban J connectivity index is 1.73. The molecule has 6 nitrogen and oxygen atoms in total. The molecule has 6 heteroatoms. The van der Waals surface area contributed by atoms with Gasteiger partial charge in [0.1, 0.15) is 6.33 Å². The maximum atomic E-state index is 11.9. The Morgan fingerprint density at radius 1 is 0.931 bits per heavy atom. The van der Waals surface area contributed by atoms with Gasteiger partial charge in [-0.1, -0.05) is 24.3 Å². The second-order valence-electron chi connectivity index (χ2n) is 6.71. The van der Waals surface area contributed by atoms with Crippen LogP contribution in [0.15, 0.2) is 73.1 Å². The minimum atomic E-state index is -0.137. The summed E-state index contributed by atoms with van der Waals surface area (Å²) in [6.07, 6.45) is 1.76. The molecule has 0 spiro atoms. The van der Waals surface area contributed by atoms with Crippen molar-refractivity contribution < 1.29 is 9.59 Å². The van der Waals surface area contributed by atoms with Crippen molar-refractivity contribution in [3.05, 3.63) is 78.6 Å². The number of benzene rings is 3. The summed E-state index contributed by atoms with van der Waals surface area (Å²) in [6.45, 7) is 1.49. The van der Waals surface area contributed by atoms with Crippen LogP contribution in [-0.2, 0) is 4.79 Å². The van der Waals surface area contributed by atoms with Gasteiger partial charge in [0.25, 0.3) is 5.91 Å². The molecule has 2 N–H and O–H groups in total. The van der Waals surface area contributed by atoms with Crippen LogP contribution in [0.5, 0.6) is 0 Å². The smallest absolute Gasteiger partial charge is 0.251 e. The van der Waals surface area contributed by atoms with Crippen molar-refractivity contribution in [2.24, 2.45) is 0 Å². The number of nitrogens with zero attached hydrogens (tertiary/aromatic N) is 2. The molecule has 4 aromatic rings. The minimum absolute atomic E-state index is 0.100. The standard InChI is InChI=1S/C23H20N4O2/c1-15(28)26-19-7-3-5-16(11-19)17-6-4-8-20(12-17)27-14-25-21-13-18(23(29)24-2)9-10-22(21)27/h3-14H,1-2H3,(H,24,29)(H,26,28). The minimum Gasteiger partial charge on any atom is -0.355 e. The van der Waals surface area contributed by atoms with E-state index in [9.17, 15) is 9.59 Å². The Morgan fingerprint density at radius 2 is 1.69 bits per heavy atom. The van der Waals surface area contributed by atoms with E-state index < -0.39 is 0 Å². The zero-order chi connectivity index (χ0) is 20.4. The quantitative estimate of drug-likeness (QED) is 0.558. The Hall–Kier alpha value is -3.93. The van der Waals surface area contributed by atoms with E-state index >= 15 is 0 Å². The first-order valence-corrected chi connectivity index (χ1v) is 9.23. The molecule has 0 aliphatic rings. The first-order chi connectivity index (χ1) is 14.0. The summed E-state index contributed by atoms with van der Waals surface area (Å²) in [6, 6.07) is 21.3. The van der Waals surface area contributed by atoms with Crippen molar-refractivity contribution in [2.45, 2.75) is 6.92 Å². The molecule has 0 bridgehead atoms. The molecule has 0 unspecified atom stereocenters. The van der Waals surface area contributed by atoms with Gasteiger partial charge in [-0.25, -0.2) is 4.98 Å². The summed E-state index contributed by atoms with van der Waals surface area (Å²) in [5.41, 5.74) is 6.00. The SMILES string of the molecule is CNC(=O)c1ccc2c(c1)ncn2-c1cccc(-c2cccc(NC(C)=O)c2)c1. The third kappa shape index (κ3) is 3.73. The van der Waals surface area contributed by atoms with Gasteiger partial charge in [-0.05, 0) is 53.6 Å². The van der Waals surface area contributed by atoms with E-state index in [0.717, 1.165) is 33.5 Å². The number of hydrogen-bond acceptors (Lipinski definition) is 3. The molecule has 1 heterocycles. The highest BCUT2D eigenvalue weighted by molar-refractivity contribution is 5.97. The van der Waals surface area contributed by atoms with Crippen molar-refractivity contribution in [1.82, 2.24) is 14.9 Å². The molecule has 0 saturated carbocycles. The molecule has 0 aliphatic carbocycles. The van der Waals surface area contributed by atoms with Crippen molar-refractivity contribution in [1.29, 1.82) is 0 Å². The number of fused-ring (bicyclic) bond motifs is 1. The van der Waals surface area contributed by atoms with Gasteiger partial charge in [0.2, 0.25) is 5.91 Å². The zero-order valence-corrected chi connectivity index (χ0v) is 16.1. The van der Waals surface area contributed by atoms with E-state index in [2.05, 4.69) is 21.7 Å². The average molecular weight is 384 g/mol. The highest BCUT2D eigenvalue weighted by atomic mass is 16.2. The highest BCUT2D eigenvalue weighted by Crippen LogP contribution is 2.26. The largest absolute Gasteiger partial charge is 0.355 e. The fraction of sp³-hybridized carbons (Fsp3) is 0.0870. The molecular formula is C23H20N4O2. The average Bonchev–Trinajstić information content (AvgIpc) is 3.16. The Kier molecular flexibility index (Phi) is 4.83. The molecule has 0 aliphatic heterocycles. The zero-order valence-electron chi connectivity index (χ0n) is 16.1. The molecule has 0 saturated heterocycles. The number of carbonyl (C=O) groups is 2. The van der Waals surface area contributed by atoms with Crippen molar-refractivity contribution in [3.8, 4) is 16.8 Å². The van der Waals surface area contributed by atoms with Crippen molar-refractivity contribution in [3.63, 3.8) is 0 Å². The van der Waals surface area contributed by atoms with E-state index in [-0.39, 0.29) is 11.8 Å². The fourth-order valence-electron chi connectivity index (χ4n) is 3.32. The summed E-state index contributed by atoms with van der Waals surface area (Å²) in [5.74, 6) is -0.237. The second kappa shape index (κ2) is 7.59. The molecule has 144 valence electrons. The maximum absolute atomic E-state index is 11.9. The second-order valence-corrected chi connectivity index (χ2v) is 6.71. The fourth-order valence-corrected chi connectivity index (χ4v) is 3.32. The van der Waals surface area contributed by atoms with E-state index in [1.165, 1.54) is 6.92 Å².